The van der Waals surface area contributed by atoms with Crippen molar-refractivity contribution in [3.8, 4) is 6.07 Å². The number of carbonyl (C=O) groups is 1. The molecule has 2 aliphatic rings. The van der Waals surface area contributed by atoms with Gasteiger partial charge in [0, 0.05) is 31.7 Å². The maximum absolute atomic E-state index is 12.9. The number of carbonyl (C=O) groups excluding carboxylic acids is 1. The minimum Gasteiger partial charge on any atom is -0.357 e. The molecule has 6 nitrogen and oxygen atoms in total. The molecule has 2 saturated heterocycles. The summed E-state index contributed by atoms with van der Waals surface area (Å²) >= 11 is 6.59. The average Bonchev–Trinajstić information content (AvgIpc) is 2.98. The second-order valence-electron chi connectivity index (χ2n) is 7.03. The molecule has 2 aliphatic heterocycles. The van der Waals surface area contributed by atoms with Crippen molar-refractivity contribution < 1.29 is 4.79 Å². The van der Waals surface area contributed by atoms with Crippen LogP contribution in [-0.2, 0) is 11.3 Å². The second-order valence-corrected chi connectivity index (χ2v) is 8.70. The monoisotopic (exact) mass is 428 g/mol. The molecule has 0 unspecified atom stereocenters. The highest BCUT2D eigenvalue weighted by molar-refractivity contribution is 8.26. The third kappa shape index (κ3) is 3.89. The number of rotatable bonds is 5. The van der Waals surface area contributed by atoms with Crippen molar-refractivity contribution in [2.75, 3.05) is 24.5 Å². The van der Waals surface area contributed by atoms with E-state index in [1.807, 2.05) is 6.92 Å². The summed E-state index contributed by atoms with van der Waals surface area (Å²) in [6, 6.07) is 2.06. The van der Waals surface area contributed by atoms with Gasteiger partial charge in [-0.3, -0.25) is 19.1 Å². The zero-order valence-electron chi connectivity index (χ0n) is 16.7. The van der Waals surface area contributed by atoms with Crippen LogP contribution in [0.4, 0.5) is 5.82 Å². The minimum absolute atomic E-state index is 0.125. The van der Waals surface area contributed by atoms with Gasteiger partial charge in [0.25, 0.3) is 11.5 Å². The fourth-order valence-corrected chi connectivity index (χ4v) is 5.06. The van der Waals surface area contributed by atoms with Crippen LogP contribution in [0.15, 0.2) is 22.4 Å². The zero-order valence-corrected chi connectivity index (χ0v) is 18.4. The predicted octanol–water partition coefficient (Wildman–Crippen LogP) is 3.43. The van der Waals surface area contributed by atoms with E-state index in [-0.39, 0.29) is 17.0 Å². The third-order valence-electron chi connectivity index (χ3n) is 5.28. The highest BCUT2D eigenvalue weighted by atomic mass is 32.2. The van der Waals surface area contributed by atoms with Gasteiger partial charge in [-0.15, -0.1) is 6.58 Å². The molecule has 29 heavy (non-hydrogen) atoms. The molecular formula is C21H24N4O2S2. The van der Waals surface area contributed by atoms with Crippen LogP contribution in [0, 0.1) is 18.3 Å². The van der Waals surface area contributed by atoms with E-state index < -0.39 is 0 Å². The lowest BCUT2D eigenvalue weighted by Gasteiger charge is -2.33. The third-order valence-corrected chi connectivity index (χ3v) is 6.66. The van der Waals surface area contributed by atoms with E-state index in [2.05, 4.69) is 17.5 Å². The average molecular weight is 429 g/mol. The van der Waals surface area contributed by atoms with Gasteiger partial charge in [-0.05, 0) is 44.7 Å². The Kier molecular flexibility index (Phi) is 6.60. The number of pyridine rings is 1. The first kappa shape index (κ1) is 21.3. The number of piperidine rings is 1. The van der Waals surface area contributed by atoms with E-state index in [4.69, 9.17) is 12.2 Å². The van der Waals surface area contributed by atoms with Crippen LogP contribution in [0.3, 0.4) is 0 Å². The molecule has 152 valence electrons. The molecule has 0 bridgehead atoms. The Hall–Kier alpha value is -2.37. The van der Waals surface area contributed by atoms with E-state index in [9.17, 15) is 14.9 Å². The SMILES string of the molecule is C=CCN1C(=O)/C(=C/c2c(C)c(C#N)c(=O)n(CC)c2N2CCCCC2)SC1=S. The molecule has 1 aromatic heterocycles. The Morgan fingerprint density at radius 1 is 1.28 bits per heavy atom. The van der Waals surface area contributed by atoms with Crippen LogP contribution >= 0.6 is 24.0 Å². The Morgan fingerprint density at radius 3 is 2.55 bits per heavy atom. The minimum atomic E-state index is -0.274. The number of aromatic nitrogens is 1. The quantitative estimate of drug-likeness (QED) is 0.407. The highest BCUT2D eigenvalue weighted by Gasteiger charge is 2.32. The molecule has 3 heterocycles. The van der Waals surface area contributed by atoms with Crippen LogP contribution in [-0.4, -0.2) is 39.3 Å². The summed E-state index contributed by atoms with van der Waals surface area (Å²) in [6.45, 7) is 9.88. The number of hydrogen-bond acceptors (Lipinski definition) is 6. The van der Waals surface area contributed by atoms with E-state index in [0.717, 1.165) is 43.7 Å². The maximum atomic E-state index is 12.9. The normalized spacial score (nSPS) is 18.4. The van der Waals surface area contributed by atoms with E-state index in [1.54, 1.807) is 23.6 Å². The number of amides is 1. The lowest BCUT2D eigenvalue weighted by atomic mass is 10.0. The van der Waals surface area contributed by atoms with Crippen molar-refractivity contribution >= 4 is 46.1 Å². The number of nitriles is 1. The first-order valence-corrected chi connectivity index (χ1v) is 11.0. The molecule has 0 radical (unpaired) electrons. The van der Waals surface area contributed by atoms with Crippen LogP contribution < -0.4 is 10.5 Å². The predicted molar refractivity (Wildman–Crippen MR) is 122 cm³/mol. The van der Waals surface area contributed by atoms with Crippen LogP contribution in [0.2, 0.25) is 0 Å². The standard InChI is InChI=1S/C21H24N4O2S2/c1-4-9-25-20(27)17(29-21(25)28)12-15-14(3)16(13-22)19(26)24(5-2)18(15)23-10-7-6-8-11-23/h4,12H,1,5-11H2,2-3H3/b17-12-. The Balaban J connectivity index is 2.23. The molecular weight excluding hydrogens is 404 g/mol. The van der Waals surface area contributed by atoms with Gasteiger partial charge in [-0.2, -0.15) is 5.26 Å². The van der Waals surface area contributed by atoms with Gasteiger partial charge in [0.1, 0.15) is 21.8 Å². The largest absolute Gasteiger partial charge is 0.357 e. The molecule has 1 aromatic rings. The second kappa shape index (κ2) is 8.97. The number of nitrogens with zero attached hydrogens (tertiary/aromatic N) is 4. The lowest BCUT2D eigenvalue weighted by molar-refractivity contribution is -0.121. The maximum Gasteiger partial charge on any atom is 0.270 e. The van der Waals surface area contributed by atoms with Gasteiger partial charge in [0.2, 0.25) is 0 Å². The summed E-state index contributed by atoms with van der Waals surface area (Å²) in [6.07, 6.45) is 6.71. The topological polar surface area (TPSA) is 69.3 Å². The summed E-state index contributed by atoms with van der Waals surface area (Å²) < 4.78 is 2.15. The van der Waals surface area contributed by atoms with Crippen LogP contribution in [0.1, 0.15) is 42.9 Å². The molecule has 0 atom stereocenters. The Labute approximate surface area is 180 Å². The van der Waals surface area contributed by atoms with Gasteiger partial charge in [-0.1, -0.05) is 30.1 Å². The molecule has 0 aliphatic carbocycles. The first-order valence-electron chi connectivity index (χ1n) is 9.73. The fourth-order valence-electron chi connectivity index (χ4n) is 3.80. The Bertz CT molecular complexity index is 997. The summed E-state index contributed by atoms with van der Waals surface area (Å²) in [5, 5.41) is 9.60. The number of thiocarbonyl (C=S) groups is 1. The van der Waals surface area contributed by atoms with Gasteiger partial charge >= 0.3 is 0 Å². The smallest absolute Gasteiger partial charge is 0.270 e. The van der Waals surface area contributed by atoms with Gasteiger partial charge in [0.05, 0.1) is 4.91 Å². The highest BCUT2D eigenvalue weighted by Crippen LogP contribution is 2.36. The van der Waals surface area contributed by atoms with Gasteiger partial charge in [-0.25, -0.2) is 0 Å². The van der Waals surface area contributed by atoms with Crippen molar-refractivity contribution in [3.05, 3.63) is 44.6 Å². The first-order chi connectivity index (χ1) is 13.9. The molecule has 2 fully saturated rings. The molecule has 0 N–H and O–H groups in total. The van der Waals surface area contributed by atoms with Crippen molar-refractivity contribution in [1.29, 1.82) is 5.26 Å². The summed E-state index contributed by atoms with van der Waals surface area (Å²) in [4.78, 5) is 30.0. The van der Waals surface area contributed by atoms with Gasteiger partial charge in [0.15, 0.2) is 0 Å². The van der Waals surface area contributed by atoms with Crippen molar-refractivity contribution in [2.45, 2.75) is 39.7 Å². The van der Waals surface area contributed by atoms with E-state index >= 15 is 0 Å². The van der Waals surface area contributed by atoms with Gasteiger partial charge < -0.3 is 4.90 Å². The number of anilines is 1. The van der Waals surface area contributed by atoms with Crippen molar-refractivity contribution in [2.24, 2.45) is 0 Å². The van der Waals surface area contributed by atoms with Crippen LogP contribution in [0.5, 0.6) is 0 Å². The van der Waals surface area contributed by atoms with E-state index in [0.29, 0.717) is 27.9 Å². The molecule has 0 spiro atoms. The molecule has 0 aromatic carbocycles. The lowest BCUT2D eigenvalue weighted by Crippen LogP contribution is -2.37. The molecule has 8 heteroatoms. The zero-order chi connectivity index (χ0) is 21.1. The molecule has 1 amide bonds. The van der Waals surface area contributed by atoms with E-state index in [1.165, 1.54) is 16.7 Å². The number of thioether (sulfide) groups is 1. The fraction of sp³-hybridized carbons (Fsp3) is 0.429. The number of hydrogen-bond donors (Lipinski definition) is 0. The summed E-state index contributed by atoms with van der Waals surface area (Å²) in [5.74, 6) is 0.624. The molecule has 3 rings (SSSR count). The molecule has 0 saturated carbocycles. The Morgan fingerprint density at radius 2 is 1.97 bits per heavy atom. The van der Waals surface area contributed by atoms with Crippen molar-refractivity contribution in [3.63, 3.8) is 0 Å². The van der Waals surface area contributed by atoms with Crippen molar-refractivity contribution in [1.82, 2.24) is 9.47 Å². The van der Waals surface area contributed by atoms with Crippen LogP contribution in [0.25, 0.3) is 6.08 Å². The summed E-state index contributed by atoms with van der Waals surface area (Å²) in [7, 11) is 0. The summed E-state index contributed by atoms with van der Waals surface area (Å²) in [5.41, 5.74) is 1.21.